The van der Waals surface area contributed by atoms with E-state index in [1.807, 2.05) is 4.68 Å². The predicted octanol–water partition coefficient (Wildman–Crippen LogP) is 4.40. The SMILES string of the molecule is FC(F)(F)Oc1ccc(-n2nc(C3CCCC3)c3c2NCC3)cc1. The summed E-state index contributed by atoms with van der Waals surface area (Å²) >= 11 is 0. The molecule has 0 radical (unpaired) electrons. The van der Waals surface area contributed by atoms with Gasteiger partial charge in [0.15, 0.2) is 0 Å². The van der Waals surface area contributed by atoms with Gasteiger partial charge in [-0.1, -0.05) is 12.8 Å². The van der Waals surface area contributed by atoms with E-state index in [-0.39, 0.29) is 5.75 Å². The van der Waals surface area contributed by atoms with E-state index in [1.54, 1.807) is 12.1 Å². The summed E-state index contributed by atoms with van der Waals surface area (Å²) in [6, 6.07) is 5.85. The Bertz CT molecular complexity index is 731. The van der Waals surface area contributed by atoms with Crippen LogP contribution in [0.1, 0.15) is 42.9 Å². The van der Waals surface area contributed by atoms with E-state index < -0.39 is 6.36 Å². The lowest BCUT2D eigenvalue weighted by atomic mass is 9.99. The van der Waals surface area contributed by atoms with Crippen LogP contribution in [0.2, 0.25) is 0 Å². The average Bonchev–Trinajstić information content (AvgIpc) is 3.24. The fourth-order valence-corrected chi connectivity index (χ4v) is 3.70. The maximum atomic E-state index is 12.3. The van der Waals surface area contributed by atoms with Crippen LogP contribution < -0.4 is 10.1 Å². The van der Waals surface area contributed by atoms with Gasteiger partial charge < -0.3 is 10.1 Å². The van der Waals surface area contributed by atoms with Crippen LogP contribution in [0.25, 0.3) is 5.69 Å². The molecule has 1 aromatic heterocycles. The van der Waals surface area contributed by atoms with E-state index in [2.05, 4.69) is 10.1 Å². The summed E-state index contributed by atoms with van der Waals surface area (Å²) in [5.74, 6) is 1.26. The van der Waals surface area contributed by atoms with Crippen molar-refractivity contribution in [2.75, 3.05) is 11.9 Å². The van der Waals surface area contributed by atoms with Crippen molar-refractivity contribution < 1.29 is 17.9 Å². The van der Waals surface area contributed by atoms with Crippen molar-refractivity contribution in [3.63, 3.8) is 0 Å². The first kappa shape index (κ1) is 15.4. The largest absolute Gasteiger partial charge is 0.573 e. The standard InChI is InChI=1S/C17H18F3N3O/c18-17(19,20)24-13-7-5-12(6-8-13)23-16-14(9-10-21-16)15(22-23)11-3-1-2-4-11/h5-8,11,21H,1-4,9-10H2. The summed E-state index contributed by atoms with van der Waals surface area (Å²) < 4.78 is 42.6. The Hall–Kier alpha value is -2.18. The second-order valence-corrected chi connectivity index (χ2v) is 6.32. The highest BCUT2D eigenvalue weighted by Gasteiger charge is 2.31. The molecule has 24 heavy (non-hydrogen) atoms. The molecule has 1 fully saturated rings. The molecule has 1 aliphatic heterocycles. The summed E-state index contributed by atoms with van der Waals surface area (Å²) in [6.07, 6.45) is 1.10. The Morgan fingerprint density at radius 1 is 1.12 bits per heavy atom. The number of ether oxygens (including phenoxy) is 1. The number of anilines is 1. The minimum atomic E-state index is -4.67. The minimum absolute atomic E-state index is 0.223. The molecule has 128 valence electrons. The second kappa shape index (κ2) is 5.72. The van der Waals surface area contributed by atoms with Gasteiger partial charge in [-0.05, 0) is 43.5 Å². The molecule has 0 amide bonds. The van der Waals surface area contributed by atoms with Crippen molar-refractivity contribution in [2.24, 2.45) is 0 Å². The van der Waals surface area contributed by atoms with Crippen molar-refractivity contribution in [1.82, 2.24) is 9.78 Å². The zero-order chi connectivity index (χ0) is 16.7. The monoisotopic (exact) mass is 337 g/mol. The molecule has 2 aliphatic rings. The van der Waals surface area contributed by atoms with Gasteiger partial charge in [-0.3, -0.25) is 0 Å². The number of fused-ring (bicyclic) bond motifs is 1. The molecular formula is C17H18F3N3O. The number of benzene rings is 1. The van der Waals surface area contributed by atoms with E-state index in [1.165, 1.54) is 43.4 Å². The van der Waals surface area contributed by atoms with Gasteiger partial charge in [-0.15, -0.1) is 13.2 Å². The molecule has 0 spiro atoms. The van der Waals surface area contributed by atoms with Crippen molar-refractivity contribution in [3.05, 3.63) is 35.5 Å². The zero-order valence-corrected chi connectivity index (χ0v) is 13.1. The summed E-state index contributed by atoms with van der Waals surface area (Å²) in [5, 5.41) is 8.13. The van der Waals surface area contributed by atoms with Crippen LogP contribution >= 0.6 is 0 Å². The van der Waals surface area contributed by atoms with Gasteiger partial charge in [0, 0.05) is 18.0 Å². The van der Waals surface area contributed by atoms with Gasteiger partial charge in [0.1, 0.15) is 11.6 Å². The first-order chi connectivity index (χ1) is 11.5. The van der Waals surface area contributed by atoms with Crippen LogP contribution in [-0.2, 0) is 6.42 Å². The fourth-order valence-electron chi connectivity index (χ4n) is 3.70. The van der Waals surface area contributed by atoms with Crippen LogP contribution in [0.4, 0.5) is 19.0 Å². The van der Waals surface area contributed by atoms with E-state index in [0.29, 0.717) is 5.92 Å². The molecule has 1 aromatic carbocycles. The van der Waals surface area contributed by atoms with E-state index >= 15 is 0 Å². The summed E-state index contributed by atoms with van der Waals surface area (Å²) in [4.78, 5) is 0. The van der Waals surface area contributed by atoms with Gasteiger partial charge >= 0.3 is 6.36 Å². The van der Waals surface area contributed by atoms with Gasteiger partial charge in [0.2, 0.25) is 0 Å². The molecule has 0 saturated heterocycles. The highest BCUT2D eigenvalue weighted by molar-refractivity contribution is 5.58. The van der Waals surface area contributed by atoms with Crippen molar-refractivity contribution in [1.29, 1.82) is 0 Å². The quantitative estimate of drug-likeness (QED) is 0.902. The van der Waals surface area contributed by atoms with Crippen molar-refractivity contribution in [3.8, 4) is 11.4 Å². The molecule has 1 saturated carbocycles. The fraction of sp³-hybridized carbons (Fsp3) is 0.471. The Kier molecular flexibility index (Phi) is 3.66. The zero-order valence-electron chi connectivity index (χ0n) is 13.1. The number of alkyl halides is 3. The van der Waals surface area contributed by atoms with Crippen molar-refractivity contribution >= 4 is 5.82 Å². The van der Waals surface area contributed by atoms with E-state index in [9.17, 15) is 13.2 Å². The molecule has 0 bridgehead atoms. The Balaban J connectivity index is 1.65. The van der Waals surface area contributed by atoms with Crippen LogP contribution in [-0.4, -0.2) is 22.7 Å². The number of hydrogen-bond acceptors (Lipinski definition) is 3. The molecular weight excluding hydrogens is 319 g/mol. The molecule has 7 heteroatoms. The first-order valence-electron chi connectivity index (χ1n) is 8.23. The van der Waals surface area contributed by atoms with E-state index in [0.717, 1.165) is 30.2 Å². The summed E-state index contributed by atoms with van der Waals surface area (Å²) in [6.45, 7) is 0.877. The number of nitrogens with zero attached hydrogens (tertiary/aromatic N) is 2. The number of halogens is 3. The highest BCUT2D eigenvalue weighted by atomic mass is 19.4. The highest BCUT2D eigenvalue weighted by Crippen LogP contribution is 2.40. The third kappa shape index (κ3) is 2.83. The Morgan fingerprint density at radius 2 is 1.83 bits per heavy atom. The predicted molar refractivity (Wildman–Crippen MR) is 83.6 cm³/mol. The first-order valence-corrected chi connectivity index (χ1v) is 8.23. The molecule has 1 aliphatic carbocycles. The van der Waals surface area contributed by atoms with Gasteiger partial charge in [0.05, 0.1) is 11.4 Å². The van der Waals surface area contributed by atoms with Gasteiger partial charge in [0.25, 0.3) is 0 Å². The molecule has 4 rings (SSSR count). The second-order valence-electron chi connectivity index (χ2n) is 6.32. The number of rotatable bonds is 3. The smallest absolute Gasteiger partial charge is 0.406 e. The third-order valence-electron chi connectivity index (χ3n) is 4.74. The van der Waals surface area contributed by atoms with Gasteiger partial charge in [-0.25, -0.2) is 4.68 Å². The maximum Gasteiger partial charge on any atom is 0.573 e. The molecule has 4 nitrogen and oxygen atoms in total. The van der Waals surface area contributed by atoms with Crippen molar-refractivity contribution in [2.45, 2.75) is 44.4 Å². The normalized spacial score (nSPS) is 17.8. The third-order valence-corrected chi connectivity index (χ3v) is 4.74. The van der Waals surface area contributed by atoms with Crippen LogP contribution in [0.3, 0.4) is 0 Å². The maximum absolute atomic E-state index is 12.3. The van der Waals surface area contributed by atoms with Crippen LogP contribution in [0, 0.1) is 0 Å². The van der Waals surface area contributed by atoms with Crippen LogP contribution in [0.15, 0.2) is 24.3 Å². The Labute approximate surface area is 137 Å². The summed E-state index contributed by atoms with van der Waals surface area (Å²) in [7, 11) is 0. The number of aromatic nitrogens is 2. The molecule has 1 N–H and O–H groups in total. The van der Waals surface area contributed by atoms with Crippen LogP contribution in [0.5, 0.6) is 5.75 Å². The Morgan fingerprint density at radius 3 is 2.50 bits per heavy atom. The topological polar surface area (TPSA) is 39.1 Å². The number of nitrogens with one attached hydrogen (secondary N) is 1. The minimum Gasteiger partial charge on any atom is -0.406 e. The molecule has 2 aromatic rings. The number of hydrogen-bond donors (Lipinski definition) is 1. The lowest BCUT2D eigenvalue weighted by Gasteiger charge is -2.11. The molecule has 2 heterocycles. The van der Waals surface area contributed by atoms with Gasteiger partial charge in [-0.2, -0.15) is 5.10 Å². The lowest BCUT2D eigenvalue weighted by molar-refractivity contribution is -0.274. The average molecular weight is 337 g/mol. The van der Waals surface area contributed by atoms with E-state index in [4.69, 9.17) is 5.10 Å². The summed E-state index contributed by atoms with van der Waals surface area (Å²) in [5.41, 5.74) is 3.15. The lowest BCUT2D eigenvalue weighted by Crippen LogP contribution is -2.17. The molecule has 0 atom stereocenters. The molecule has 0 unspecified atom stereocenters.